The minimum absolute atomic E-state index is 0.0916. The summed E-state index contributed by atoms with van der Waals surface area (Å²) in [6, 6.07) is 0. The van der Waals surface area contributed by atoms with Crippen LogP contribution >= 0.6 is 0 Å². The molecule has 3 saturated carbocycles. The van der Waals surface area contributed by atoms with E-state index in [0.29, 0.717) is 5.92 Å². The van der Waals surface area contributed by atoms with Gasteiger partial charge in [0.2, 0.25) is 0 Å². The highest BCUT2D eigenvalue weighted by atomic mass is 28.4. The zero-order valence-electron chi connectivity index (χ0n) is 15.6. The molecule has 3 fully saturated rings. The predicted molar refractivity (Wildman–Crippen MR) is 95.3 cm³/mol. The van der Waals surface area contributed by atoms with Crippen LogP contribution in [0.1, 0.15) is 47.0 Å². The van der Waals surface area contributed by atoms with Gasteiger partial charge in [-0.3, -0.25) is 4.79 Å². The molecule has 0 aliphatic heterocycles. The maximum atomic E-state index is 13.2. The summed E-state index contributed by atoms with van der Waals surface area (Å²) in [6.07, 6.45) is 8.62. The molecular weight excluding hydrogens is 300 g/mol. The molecule has 0 aromatic rings. The standard InChI is InChI=1S/C20H32O2Si/c1-19(2,3)23(5,6)22-18(21)20(4)11-14-10-15(20)17-13-8-7-12(9-13)16(14)17/h7-8,12-17H,9-11H2,1-6H3. The van der Waals surface area contributed by atoms with E-state index in [4.69, 9.17) is 4.43 Å². The summed E-state index contributed by atoms with van der Waals surface area (Å²) >= 11 is 0. The molecule has 4 aliphatic carbocycles. The van der Waals surface area contributed by atoms with Crippen LogP contribution in [0.2, 0.25) is 18.1 Å². The van der Waals surface area contributed by atoms with Gasteiger partial charge in [-0.05, 0) is 79.8 Å². The van der Waals surface area contributed by atoms with Crippen LogP contribution in [-0.4, -0.2) is 14.3 Å². The first-order valence-electron chi connectivity index (χ1n) is 9.46. The number of hydrogen-bond donors (Lipinski definition) is 0. The number of carbonyl (C=O) groups is 1. The Balaban J connectivity index is 1.56. The van der Waals surface area contributed by atoms with Crippen LogP contribution in [-0.2, 0) is 9.22 Å². The number of allylic oxidation sites excluding steroid dienone is 2. The fourth-order valence-electron chi connectivity index (χ4n) is 6.11. The third-order valence-corrected chi connectivity index (χ3v) is 12.6. The molecule has 4 aliphatic rings. The zero-order chi connectivity index (χ0) is 16.8. The summed E-state index contributed by atoms with van der Waals surface area (Å²) < 4.78 is 6.25. The van der Waals surface area contributed by atoms with E-state index in [-0.39, 0.29) is 16.4 Å². The van der Waals surface area contributed by atoms with Gasteiger partial charge in [0.25, 0.3) is 14.3 Å². The molecular formula is C20H32O2Si. The molecule has 4 rings (SSSR count). The van der Waals surface area contributed by atoms with Gasteiger partial charge in [-0.25, -0.2) is 0 Å². The summed E-state index contributed by atoms with van der Waals surface area (Å²) in [5.74, 6) is 4.67. The van der Waals surface area contributed by atoms with Crippen LogP contribution in [0.25, 0.3) is 0 Å². The van der Waals surface area contributed by atoms with Gasteiger partial charge >= 0.3 is 0 Å². The summed E-state index contributed by atoms with van der Waals surface area (Å²) in [6.45, 7) is 13.3. The minimum Gasteiger partial charge on any atom is -0.519 e. The molecule has 0 spiro atoms. The maximum absolute atomic E-state index is 13.2. The van der Waals surface area contributed by atoms with Crippen molar-refractivity contribution in [1.29, 1.82) is 0 Å². The van der Waals surface area contributed by atoms with E-state index in [2.05, 4.69) is 52.9 Å². The van der Waals surface area contributed by atoms with Gasteiger partial charge < -0.3 is 4.43 Å². The second-order valence-corrected chi connectivity index (χ2v) is 15.2. The molecule has 0 amide bonds. The van der Waals surface area contributed by atoms with E-state index in [1.54, 1.807) is 0 Å². The number of rotatable bonds is 2. The van der Waals surface area contributed by atoms with Gasteiger partial charge in [0.1, 0.15) is 0 Å². The van der Waals surface area contributed by atoms with Crippen LogP contribution in [0.3, 0.4) is 0 Å². The second-order valence-electron chi connectivity index (χ2n) is 10.5. The minimum atomic E-state index is -2.02. The van der Waals surface area contributed by atoms with Gasteiger partial charge in [0.05, 0.1) is 5.41 Å². The normalized spacial score (nSPS) is 47.2. The lowest BCUT2D eigenvalue weighted by atomic mass is 9.63. The highest BCUT2D eigenvalue weighted by molar-refractivity contribution is 6.75. The zero-order valence-corrected chi connectivity index (χ0v) is 16.6. The van der Waals surface area contributed by atoms with E-state index < -0.39 is 8.32 Å². The first-order chi connectivity index (χ1) is 10.5. The molecule has 2 nitrogen and oxygen atoms in total. The van der Waals surface area contributed by atoms with Crippen molar-refractivity contribution in [2.24, 2.45) is 40.9 Å². The van der Waals surface area contributed by atoms with Gasteiger partial charge in [-0.2, -0.15) is 0 Å². The molecule has 128 valence electrons. The SMILES string of the molecule is CC1(C(=O)O[Si](C)(C)C(C)(C)C)CC2CC1C1C3C=CC(C3)C21. The molecule has 7 atom stereocenters. The molecule has 0 saturated heterocycles. The second kappa shape index (κ2) is 4.53. The molecule has 23 heavy (non-hydrogen) atoms. The van der Waals surface area contributed by atoms with Gasteiger partial charge in [0.15, 0.2) is 0 Å². The predicted octanol–water partition coefficient (Wildman–Crippen LogP) is 5.02. The molecule has 0 heterocycles. The Hall–Kier alpha value is -0.573. The van der Waals surface area contributed by atoms with Gasteiger partial charge in [-0.1, -0.05) is 32.9 Å². The summed E-state index contributed by atoms with van der Waals surface area (Å²) in [5.41, 5.74) is -0.223. The van der Waals surface area contributed by atoms with Crippen molar-refractivity contribution in [2.75, 3.05) is 0 Å². The average Bonchev–Trinajstić information content (AvgIpc) is 3.13. The van der Waals surface area contributed by atoms with Crippen molar-refractivity contribution in [3.8, 4) is 0 Å². The Labute approximate surface area is 142 Å². The van der Waals surface area contributed by atoms with Crippen LogP contribution in [0.15, 0.2) is 12.2 Å². The fraction of sp³-hybridized carbons (Fsp3) is 0.850. The van der Waals surface area contributed by atoms with Gasteiger partial charge in [0, 0.05) is 0 Å². The summed E-state index contributed by atoms with van der Waals surface area (Å²) in [5, 5.41) is 0.0916. The van der Waals surface area contributed by atoms with E-state index in [0.717, 1.165) is 36.0 Å². The van der Waals surface area contributed by atoms with Gasteiger partial charge in [-0.15, -0.1) is 0 Å². The lowest BCUT2D eigenvalue weighted by Gasteiger charge is -2.44. The van der Waals surface area contributed by atoms with Crippen LogP contribution in [0.5, 0.6) is 0 Å². The monoisotopic (exact) mass is 332 g/mol. The maximum Gasteiger partial charge on any atom is 0.298 e. The number of carbonyl (C=O) groups excluding carboxylic acids is 1. The smallest absolute Gasteiger partial charge is 0.298 e. The van der Waals surface area contributed by atoms with E-state index >= 15 is 0 Å². The molecule has 0 aromatic carbocycles. The Morgan fingerprint density at radius 2 is 1.74 bits per heavy atom. The molecule has 4 bridgehead atoms. The Bertz CT molecular complexity index is 573. The van der Waals surface area contributed by atoms with Crippen molar-refractivity contribution in [3.63, 3.8) is 0 Å². The van der Waals surface area contributed by atoms with E-state index in [9.17, 15) is 4.79 Å². The number of fused-ring (bicyclic) bond motifs is 9. The summed E-state index contributed by atoms with van der Waals surface area (Å²) in [7, 11) is -2.02. The number of hydrogen-bond acceptors (Lipinski definition) is 2. The highest BCUT2D eigenvalue weighted by Crippen LogP contribution is 2.70. The third kappa shape index (κ3) is 2.01. The summed E-state index contributed by atoms with van der Waals surface area (Å²) in [4.78, 5) is 13.2. The van der Waals surface area contributed by atoms with Crippen LogP contribution in [0, 0.1) is 40.9 Å². The first kappa shape index (κ1) is 15.9. The molecule has 7 unspecified atom stereocenters. The Morgan fingerprint density at radius 1 is 1.13 bits per heavy atom. The molecule has 0 N–H and O–H groups in total. The van der Waals surface area contributed by atoms with E-state index in [1.165, 1.54) is 12.8 Å². The Kier molecular flexibility index (Phi) is 3.14. The molecule has 3 heteroatoms. The van der Waals surface area contributed by atoms with Crippen molar-refractivity contribution in [3.05, 3.63) is 12.2 Å². The van der Waals surface area contributed by atoms with E-state index in [1.807, 2.05) is 0 Å². The van der Waals surface area contributed by atoms with Crippen molar-refractivity contribution >= 4 is 14.3 Å². The van der Waals surface area contributed by atoms with Crippen LogP contribution < -0.4 is 0 Å². The average molecular weight is 333 g/mol. The Morgan fingerprint density at radius 3 is 2.35 bits per heavy atom. The topological polar surface area (TPSA) is 26.3 Å². The van der Waals surface area contributed by atoms with Crippen molar-refractivity contribution in [2.45, 2.75) is 65.1 Å². The van der Waals surface area contributed by atoms with Crippen molar-refractivity contribution in [1.82, 2.24) is 0 Å². The largest absolute Gasteiger partial charge is 0.519 e. The van der Waals surface area contributed by atoms with Crippen LogP contribution in [0.4, 0.5) is 0 Å². The molecule has 0 radical (unpaired) electrons. The highest BCUT2D eigenvalue weighted by Gasteiger charge is 2.67. The lowest BCUT2D eigenvalue weighted by Crippen LogP contribution is -2.49. The third-order valence-electron chi connectivity index (χ3n) is 8.27. The van der Waals surface area contributed by atoms with Crippen molar-refractivity contribution < 1.29 is 9.22 Å². The first-order valence-corrected chi connectivity index (χ1v) is 12.4. The molecule has 0 aromatic heterocycles. The fourth-order valence-corrected chi connectivity index (χ4v) is 7.11. The lowest BCUT2D eigenvalue weighted by molar-refractivity contribution is -0.151. The quantitative estimate of drug-likeness (QED) is 0.403.